The Morgan fingerprint density at radius 2 is 1.68 bits per heavy atom. The van der Waals surface area contributed by atoms with Gasteiger partial charge in [0.05, 0.1) is 0 Å². The molecule has 1 N–H and O–H groups in total. The normalized spacial score (nSPS) is 23.7. The number of hydrogen-bond donors (Lipinski definition) is 1. The Morgan fingerprint density at radius 1 is 1.16 bits per heavy atom. The van der Waals surface area contributed by atoms with E-state index in [0.717, 1.165) is 18.0 Å². The van der Waals surface area contributed by atoms with Gasteiger partial charge in [0.1, 0.15) is 6.54 Å². The van der Waals surface area contributed by atoms with Crippen LogP contribution in [0.4, 0.5) is 0 Å². The zero-order valence-corrected chi connectivity index (χ0v) is 11.6. The number of carbonyl (C=O) groups excluding carboxylic acids is 3. The molecule has 6 nitrogen and oxygen atoms in total. The summed E-state index contributed by atoms with van der Waals surface area (Å²) in [4.78, 5) is 38.8. The van der Waals surface area contributed by atoms with Gasteiger partial charge in [0.2, 0.25) is 17.7 Å². The number of amides is 3. The zero-order chi connectivity index (χ0) is 14.0. The third-order valence-corrected chi connectivity index (χ3v) is 3.62. The number of likely N-dealkylation sites (tertiary alicyclic amines) is 1. The molecular weight excluding hydrogens is 246 g/mol. The van der Waals surface area contributed by atoms with Crippen molar-refractivity contribution in [1.82, 2.24) is 15.1 Å². The predicted molar refractivity (Wildman–Crippen MR) is 69.2 cm³/mol. The van der Waals surface area contributed by atoms with Gasteiger partial charge in [-0.15, -0.1) is 0 Å². The van der Waals surface area contributed by atoms with Crippen LogP contribution in [-0.2, 0) is 14.4 Å². The van der Waals surface area contributed by atoms with E-state index in [1.54, 1.807) is 4.90 Å². The molecule has 0 unspecified atom stereocenters. The van der Waals surface area contributed by atoms with E-state index in [4.69, 9.17) is 0 Å². The van der Waals surface area contributed by atoms with Crippen LogP contribution in [0.25, 0.3) is 0 Å². The van der Waals surface area contributed by atoms with Crippen LogP contribution in [0, 0.1) is 5.41 Å². The first-order valence-corrected chi connectivity index (χ1v) is 6.71. The SMILES string of the molecule is CC1(C)CC(=O)N(CC(=O)N2CCNCC2)C(=O)C1. The Bertz CT molecular complexity index is 380. The quantitative estimate of drug-likeness (QED) is 0.691. The van der Waals surface area contributed by atoms with Crippen molar-refractivity contribution in [1.29, 1.82) is 0 Å². The number of nitrogens with zero attached hydrogens (tertiary/aromatic N) is 2. The molecule has 0 saturated carbocycles. The average molecular weight is 267 g/mol. The first-order valence-electron chi connectivity index (χ1n) is 6.71. The van der Waals surface area contributed by atoms with Crippen LogP contribution in [-0.4, -0.2) is 60.2 Å². The number of carbonyl (C=O) groups is 3. The van der Waals surface area contributed by atoms with Gasteiger partial charge in [0, 0.05) is 39.0 Å². The Balaban J connectivity index is 1.96. The summed E-state index contributed by atoms with van der Waals surface area (Å²) in [7, 11) is 0. The summed E-state index contributed by atoms with van der Waals surface area (Å²) in [6, 6.07) is 0. The molecule has 2 aliphatic rings. The third-order valence-electron chi connectivity index (χ3n) is 3.62. The van der Waals surface area contributed by atoms with E-state index < -0.39 is 0 Å². The fourth-order valence-electron chi connectivity index (χ4n) is 2.54. The second-order valence-electron chi connectivity index (χ2n) is 6.02. The van der Waals surface area contributed by atoms with Crippen LogP contribution in [0.2, 0.25) is 0 Å². The molecule has 0 atom stereocenters. The summed E-state index contributed by atoms with van der Waals surface area (Å²) < 4.78 is 0. The summed E-state index contributed by atoms with van der Waals surface area (Å²) >= 11 is 0. The molecule has 2 rings (SSSR count). The topological polar surface area (TPSA) is 69.7 Å². The van der Waals surface area contributed by atoms with Gasteiger partial charge in [0.15, 0.2) is 0 Å². The van der Waals surface area contributed by atoms with Crippen molar-refractivity contribution in [3.05, 3.63) is 0 Å². The highest BCUT2D eigenvalue weighted by Crippen LogP contribution is 2.31. The molecule has 0 aromatic heterocycles. The molecule has 0 spiro atoms. The molecule has 2 heterocycles. The van der Waals surface area contributed by atoms with Crippen molar-refractivity contribution in [3.63, 3.8) is 0 Å². The monoisotopic (exact) mass is 267 g/mol. The smallest absolute Gasteiger partial charge is 0.242 e. The molecule has 0 aromatic rings. The largest absolute Gasteiger partial charge is 0.339 e. The summed E-state index contributed by atoms with van der Waals surface area (Å²) in [5.74, 6) is -0.600. The molecule has 2 aliphatic heterocycles. The molecule has 3 amide bonds. The van der Waals surface area contributed by atoms with Crippen molar-refractivity contribution in [2.75, 3.05) is 32.7 Å². The molecule has 6 heteroatoms. The molecule has 0 aromatic carbocycles. The van der Waals surface area contributed by atoms with Crippen molar-refractivity contribution in [3.8, 4) is 0 Å². The highest BCUT2D eigenvalue weighted by molar-refractivity contribution is 6.01. The van der Waals surface area contributed by atoms with Gasteiger partial charge >= 0.3 is 0 Å². The van der Waals surface area contributed by atoms with Crippen LogP contribution in [0.3, 0.4) is 0 Å². The van der Waals surface area contributed by atoms with Gasteiger partial charge in [-0.1, -0.05) is 13.8 Å². The summed E-state index contributed by atoms with van der Waals surface area (Å²) in [6.07, 6.45) is 0.654. The van der Waals surface area contributed by atoms with Crippen LogP contribution in [0.1, 0.15) is 26.7 Å². The Kier molecular flexibility index (Phi) is 3.89. The van der Waals surface area contributed by atoms with Crippen molar-refractivity contribution < 1.29 is 14.4 Å². The molecule has 106 valence electrons. The number of piperazine rings is 1. The molecule has 0 bridgehead atoms. The predicted octanol–water partition coefficient (Wildman–Crippen LogP) is -0.407. The second kappa shape index (κ2) is 5.28. The van der Waals surface area contributed by atoms with Crippen LogP contribution >= 0.6 is 0 Å². The zero-order valence-electron chi connectivity index (χ0n) is 11.6. The summed E-state index contributed by atoms with van der Waals surface area (Å²) in [5.41, 5.74) is -0.289. The minimum absolute atomic E-state index is 0.103. The third kappa shape index (κ3) is 3.32. The fraction of sp³-hybridized carbons (Fsp3) is 0.769. The molecule has 2 fully saturated rings. The first kappa shape index (κ1) is 14.0. The molecular formula is C13H21N3O3. The molecule has 19 heavy (non-hydrogen) atoms. The van der Waals surface area contributed by atoms with E-state index in [1.807, 2.05) is 13.8 Å². The van der Waals surface area contributed by atoms with E-state index in [1.165, 1.54) is 0 Å². The van der Waals surface area contributed by atoms with E-state index >= 15 is 0 Å². The second-order valence-corrected chi connectivity index (χ2v) is 6.02. The van der Waals surface area contributed by atoms with E-state index in [2.05, 4.69) is 5.32 Å². The molecule has 2 saturated heterocycles. The summed E-state index contributed by atoms with van der Waals surface area (Å²) in [5, 5.41) is 3.16. The highest BCUT2D eigenvalue weighted by atomic mass is 16.2. The van der Waals surface area contributed by atoms with Gasteiger partial charge in [-0.05, 0) is 5.41 Å². The lowest BCUT2D eigenvalue weighted by atomic mass is 9.82. The lowest BCUT2D eigenvalue weighted by Crippen LogP contribution is -2.53. The lowest BCUT2D eigenvalue weighted by molar-refractivity contribution is -0.156. The number of piperidine rings is 1. The van der Waals surface area contributed by atoms with Crippen LogP contribution < -0.4 is 5.32 Å². The maximum Gasteiger partial charge on any atom is 0.242 e. The van der Waals surface area contributed by atoms with Crippen molar-refractivity contribution >= 4 is 17.7 Å². The van der Waals surface area contributed by atoms with Crippen molar-refractivity contribution in [2.45, 2.75) is 26.7 Å². The van der Waals surface area contributed by atoms with E-state index in [9.17, 15) is 14.4 Å². The average Bonchev–Trinajstić information content (AvgIpc) is 2.33. The van der Waals surface area contributed by atoms with Gasteiger partial charge in [-0.25, -0.2) is 0 Å². The lowest BCUT2D eigenvalue weighted by Gasteiger charge is -2.36. The van der Waals surface area contributed by atoms with Crippen LogP contribution in [0.5, 0.6) is 0 Å². The Hall–Kier alpha value is -1.43. The maximum atomic E-state index is 12.1. The van der Waals surface area contributed by atoms with Crippen molar-refractivity contribution in [2.24, 2.45) is 5.41 Å². The van der Waals surface area contributed by atoms with Gasteiger partial charge < -0.3 is 10.2 Å². The van der Waals surface area contributed by atoms with E-state index in [-0.39, 0.29) is 29.7 Å². The summed E-state index contributed by atoms with van der Waals surface area (Å²) in [6.45, 7) is 6.51. The number of imide groups is 1. The van der Waals surface area contributed by atoms with Crippen LogP contribution in [0.15, 0.2) is 0 Å². The van der Waals surface area contributed by atoms with E-state index in [0.29, 0.717) is 25.9 Å². The number of nitrogens with one attached hydrogen (secondary N) is 1. The Morgan fingerprint density at radius 3 is 2.21 bits per heavy atom. The highest BCUT2D eigenvalue weighted by Gasteiger charge is 2.38. The Labute approximate surface area is 113 Å². The minimum Gasteiger partial charge on any atom is -0.339 e. The first-order chi connectivity index (χ1) is 8.89. The van der Waals surface area contributed by atoms with Gasteiger partial charge in [-0.2, -0.15) is 0 Å². The van der Waals surface area contributed by atoms with Gasteiger partial charge in [0.25, 0.3) is 0 Å². The molecule has 0 radical (unpaired) electrons. The minimum atomic E-state index is -0.289. The van der Waals surface area contributed by atoms with Gasteiger partial charge in [-0.3, -0.25) is 19.3 Å². The molecule has 0 aliphatic carbocycles. The fourth-order valence-corrected chi connectivity index (χ4v) is 2.54. The standard InChI is InChI=1S/C13H21N3O3/c1-13(2)7-10(17)16(11(18)8-13)9-12(19)15-5-3-14-4-6-15/h14H,3-9H2,1-2H3. The maximum absolute atomic E-state index is 12.1. The number of hydrogen-bond acceptors (Lipinski definition) is 4. The number of rotatable bonds is 2.